The average Bonchev–Trinajstić information content (AvgIpc) is 3.50. The van der Waals surface area contributed by atoms with Gasteiger partial charge >= 0.3 is 5.97 Å². The van der Waals surface area contributed by atoms with Crippen molar-refractivity contribution in [3.05, 3.63) is 70.8 Å². The topological polar surface area (TPSA) is 98.6 Å². The van der Waals surface area contributed by atoms with Crippen LogP contribution in [0.3, 0.4) is 0 Å². The normalized spacial score (nSPS) is 11.0. The number of rotatable bonds is 10. The number of benzene rings is 2. The molecule has 176 valence electrons. The van der Waals surface area contributed by atoms with Gasteiger partial charge in [0.15, 0.2) is 5.15 Å². The van der Waals surface area contributed by atoms with E-state index in [9.17, 15) is 4.79 Å². The zero-order valence-electron chi connectivity index (χ0n) is 18.7. The maximum absolute atomic E-state index is 11.6. The van der Waals surface area contributed by atoms with Crippen molar-refractivity contribution in [2.24, 2.45) is 0 Å². The van der Waals surface area contributed by atoms with Crippen molar-refractivity contribution in [2.75, 3.05) is 5.88 Å². The number of carbonyl (C=O) groups excluding carboxylic acids is 1. The second kappa shape index (κ2) is 11.3. The van der Waals surface area contributed by atoms with Crippen LogP contribution < -0.4 is 0 Å². The molecule has 0 saturated heterocycles. The van der Waals surface area contributed by atoms with Crippen molar-refractivity contribution in [3.8, 4) is 22.5 Å². The Labute approximate surface area is 207 Å². The predicted molar refractivity (Wildman–Crippen MR) is 131 cm³/mol. The maximum atomic E-state index is 11.6. The number of H-pyrrole nitrogens is 1. The zero-order chi connectivity index (χ0) is 23.9. The van der Waals surface area contributed by atoms with E-state index in [-0.39, 0.29) is 12.5 Å². The van der Waals surface area contributed by atoms with E-state index in [1.165, 1.54) is 0 Å². The van der Waals surface area contributed by atoms with Gasteiger partial charge in [0.1, 0.15) is 18.3 Å². The summed E-state index contributed by atoms with van der Waals surface area (Å²) in [4.78, 5) is 16.1. The maximum Gasteiger partial charge on any atom is 0.321 e. The third-order valence-corrected chi connectivity index (χ3v) is 5.98. The quantitative estimate of drug-likeness (QED) is 0.242. The molecule has 0 amide bonds. The minimum Gasteiger partial charge on any atom is -0.458 e. The van der Waals surface area contributed by atoms with Crippen LogP contribution in [0.2, 0.25) is 5.15 Å². The van der Waals surface area contributed by atoms with Crippen LogP contribution in [-0.4, -0.2) is 42.0 Å². The van der Waals surface area contributed by atoms with Gasteiger partial charge in [-0.2, -0.15) is 5.21 Å². The molecule has 4 rings (SSSR count). The number of nitrogens with one attached hydrogen (secondary N) is 1. The molecule has 0 radical (unpaired) electrons. The minimum absolute atomic E-state index is 0.0275. The van der Waals surface area contributed by atoms with Crippen molar-refractivity contribution in [2.45, 2.75) is 39.3 Å². The lowest BCUT2D eigenvalue weighted by Gasteiger charge is -2.13. The molecular formula is C24H24Cl2N6O2. The van der Waals surface area contributed by atoms with Crippen LogP contribution in [0.25, 0.3) is 22.5 Å². The van der Waals surface area contributed by atoms with Gasteiger partial charge < -0.3 is 9.30 Å². The summed E-state index contributed by atoms with van der Waals surface area (Å²) in [5, 5.41) is 14.7. The Balaban J connectivity index is 1.61. The molecule has 0 fully saturated rings. The number of unbranched alkanes of at least 4 members (excludes halogenated alkanes) is 1. The highest BCUT2D eigenvalue weighted by molar-refractivity contribution is 6.30. The van der Waals surface area contributed by atoms with Gasteiger partial charge in [-0.25, -0.2) is 4.98 Å². The van der Waals surface area contributed by atoms with E-state index in [1.807, 2.05) is 28.8 Å². The largest absolute Gasteiger partial charge is 0.458 e. The summed E-state index contributed by atoms with van der Waals surface area (Å²) >= 11 is 12.0. The molecule has 0 unspecified atom stereocenters. The van der Waals surface area contributed by atoms with Crippen LogP contribution in [0.4, 0.5) is 0 Å². The fraction of sp³-hybridized carbons (Fsp3) is 0.292. The molecule has 0 aliphatic heterocycles. The third kappa shape index (κ3) is 5.46. The molecule has 0 atom stereocenters. The fourth-order valence-electron chi connectivity index (χ4n) is 3.72. The molecule has 0 bridgehead atoms. The molecule has 0 aliphatic rings. The molecule has 8 nitrogen and oxygen atoms in total. The number of hydrogen-bond donors (Lipinski definition) is 1. The SMILES string of the molecule is CCCCc1nc(Cl)c(COC(=O)CCl)n1Cc1ccc(-c2ccccc2-c2nn[nH]n2)cc1. The minimum atomic E-state index is -0.495. The number of alkyl halides is 1. The molecule has 1 N–H and O–H groups in total. The summed E-state index contributed by atoms with van der Waals surface area (Å²) in [6.07, 6.45) is 2.81. The van der Waals surface area contributed by atoms with E-state index in [0.717, 1.165) is 47.3 Å². The average molecular weight is 499 g/mol. The van der Waals surface area contributed by atoms with E-state index in [4.69, 9.17) is 27.9 Å². The van der Waals surface area contributed by atoms with Crippen LogP contribution in [-0.2, 0) is 29.1 Å². The second-order valence-electron chi connectivity index (χ2n) is 7.73. The van der Waals surface area contributed by atoms with Gasteiger partial charge in [-0.3, -0.25) is 4.79 Å². The van der Waals surface area contributed by atoms with Crippen LogP contribution in [0, 0.1) is 0 Å². The Hall–Kier alpha value is -3.23. The molecule has 4 aromatic rings. The van der Waals surface area contributed by atoms with E-state index in [1.54, 1.807) is 0 Å². The number of tetrazole rings is 1. The first-order chi connectivity index (χ1) is 16.6. The fourth-order valence-corrected chi connectivity index (χ4v) is 4.05. The number of esters is 1. The van der Waals surface area contributed by atoms with Crippen molar-refractivity contribution < 1.29 is 9.53 Å². The summed E-state index contributed by atoms with van der Waals surface area (Å²) in [6, 6.07) is 16.2. The lowest BCUT2D eigenvalue weighted by atomic mass is 9.98. The summed E-state index contributed by atoms with van der Waals surface area (Å²) in [6.45, 7) is 2.71. The number of halogens is 2. The highest BCUT2D eigenvalue weighted by Crippen LogP contribution is 2.30. The summed E-state index contributed by atoms with van der Waals surface area (Å²) in [7, 11) is 0. The molecule has 2 heterocycles. The van der Waals surface area contributed by atoms with E-state index in [0.29, 0.717) is 23.2 Å². The zero-order valence-corrected chi connectivity index (χ0v) is 20.2. The van der Waals surface area contributed by atoms with Crippen LogP contribution in [0.15, 0.2) is 48.5 Å². The standard InChI is InChI=1S/C24H24Cl2N6O2/c1-2-3-8-21-27-23(26)20(15-34-22(33)13-25)32(21)14-16-9-11-17(12-10-16)18-6-4-5-7-19(18)24-28-30-31-29-24/h4-7,9-12H,2-3,8,13-15H2,1H3,(H,28,29,30,31). The summed E-state index contributed by atoms with van der Waals surface area (Å²) < 4.78 is 7.27. The van der Waals surface area contributed by atoms with E-state index < -0.39 is 5.97 Å². The van der Waals surface area contributed by atoms with Crippen molar-refractivity contribution >= 4 is 29.2 Å². The van der Waals surface area contributed by atoms with Crippen LogP contribution in [0.5, 0.6) is 0 Å². The first kappa shape index (κ1) is 23.9. The Bertz CT molecular complexity index is 1240. The van der Waals surface area contributed by atoms with Gasteiger partial charge in [0.2, 0.25) is 5.82 Å². The molecule has 34 heavy (non-hydrogen) atoms. The van der Waals surface area contributed by atoms with Crippen molar-refractivity contribution in [3.63, 3.8) is 0 Å². The molecule has 0 spiro atoms. The van der Waals surface area contributed by atoms with Gasteiger partial charge in [0.25, 0.3) is 0 Å². The van der Waals surface area contributed by atoms with Crippen LogP contribution in [0.1, 0.15) is 36.8 Å². The summed E-state index contributed by atoms with van der Waals surface area (Å²) in [5.41, 5.74) is 4.68. The Morgan fingerprint density at radius 2 is 1.88 bits per heavy atom. The smallest absolute Gasteiger partial charge is 0.321 e. The monoisotopic (exact) mass is 498 g/mol. The Morgan fingerprint density at radius 1 is 1.12 bits per heavy atom. The number of ether oxygens (including phenoxy) is 1. The molecule has 0 aliphatic carbocycles. The number of aryl methyl sites for hydroxylation is 1. The first-order valence-corrected chi connectivity index (χ1v) is 11.9. The van der Waals surface area contributed by atoms with Gasteiger partial charge in [-0.15, -0.1) is 21.8 Å². The second-order valence-corrected chi connectivity index (χ2v) is 8.35. The number of aromatic amines is 1. The number of nitrogens with zero attached hydrogens (tertiary/aromatic N) is 5. The van der Waals surface area contributed by atoms with E-state index >= 15 is 0 Å². The third-order valence-electron chi connectivity index (χ3n) is 5.45. The summed E-state index contributed by atoms with van der Waals surface area (Å²) in [5.74, 6) is 0.714. The predicted octanol–water partition coefficient (Wildman–Crippen LogP) is 5.06. The number of aromatic nitrogens is 6. The molecule has 0 saturated carbocycles. The van der Waals surface area contributed by atoms with Crippen molar-refractivity contribution in [1.29, 1.82) is 0 Å². The van der Waals surface area contributed by atoms with Gasteiger partial charge in [-0.1, -0.05) is 73.5 Å². The number of carbonyl (C=O) groups is 1. The van der Waals surface area contributed by atoms with Crippen LogP contribution >= 0.6 is 23.2 Å². The number of imidazole rings is 1. The molecule has 2 aromatic heterocycles. The van der Waals surface area contributed by atoms with E-state index in [2.05, 4.69) is 56.8 Å². The van der Waals surface area contributed by atoms with Crippen molar-refractivity contribution in [1.82, 2.24) is 30.2 Å². The van der Waals surface area contributed by atoms with Gasteiger partial charge in [-0.05, 0) is 28.3 Å². The first-order valence-electron chi connectivity index (χ1n) is 11.0. The van der Waals surface area contributed by atoms with Gasteiger partial charge in [0.05, 0.1) is 5.69 Å². The highest BCUT2D eigenvalue weighted by Gasteiger charge is 2.18. The molecule has 2 aromatic carbocycles. The Morgan fingerprint density at radius 3 is 2.56 bits per heavy atom. The lowest BCUT2D eigenvalue weighted by Crippen LogP contribution is -2.13. The van der Waals surface area contributed by atoms with Gasteiger partial charge in [0, 0.05) is 18.5 Å². The number of hydrogen-bond acceptors (Lipinski definition) is 6. The Kier molecular flexibility index (Phi) is 7.92. The molecular weight excluding hydrogens is 475 g/mol. The highest BCUT2D eigenvalue weighted by atomic mass is 35.5. The molecule has 10 heteroatoms. The lowest BCUT2D eigenvalue weighted by molar-refractivity contribution is -0.142.